The lowest BCUT2D eigenvalue weighted by Gasteiger charge is -2.24. The molecular formula is C14H22. The molecule has 0 spiro atoms. The minimum absolute atomic E-state index is 0.429. The van der Waals surface area contributed by atoms with E-state index in [9.17, 15) is 0 Å². The molecule has 0 N–H and O–H groups in total. The molecule has 0 aromatic heterocycles. The lowest BCUT2D eigenvalue weighted by Crippen LogP contribution is -2.14. The fourth-order valence-corrected chi connectivity index (χ4v) is 1.64. The van der Waals surface area contributed by atoms with Crippen molar-refractivity contribution in [2.75, 3.05) is 0 Å². The van der Waals surface area contributed by atoms with E-state index in [-0.39, 0.29) is 0 Å². The van der Waals surface area contributed by atoms with Crippen molar-refractivity contribution >= 4 is 0 Å². The van der Waals surface area contributed by atoms with E-state index in [4.69, 9.17) is 0 Å². The molecule has 0 aliphatic carbocycles. The van der Waals surface area contributed by atoms with Gasteiger partial charge in [0, 0.05) is 0 Å². The molecule has 1 aromatic carbocycles. The van der Waals surface area contributed by atoms with E-state index in [0.717, 1.165) is 0 Å². The van der Waals surface area contributed by atoms with Crippen LogP contribution in [0.25, 0.3) is 0 Å². The van der Waals surface area contributed by atoms with Crippen molar-refractivity contribution in [2.24, 2.45) is 5.41 Å². The molecule has 0 unspecified atom stereocenters. The number of benzene rings is 1. The number of aryl methyl sites for hydroxylation is 1. The third-order valence-electron chi connectivity index (χ3n) is 3.34. The van der Waals surface area contributed by atoms with Gasteiger partial charge in [-0.2, -0.15) is 0 Å². The number of hydrogen-bond donors (Lipinski definition) is 0. The van der Waals surface area contributed by atoms with E-state index < -0.39 is 0 Å². The van der Waals surface area contributed by atoms with Gasteiger partial charge in [-0.05, 0) is 42.4 Å². The Kier molecular flexibility index (Phi) is 3.36. The van der Waals surface area contributed by atoms with E-state index in [0.29, 0.717) is 5.41 Å². The second-order valence-electron chi connectivity index (χ2n) is 5.05. The van der Waals surface area contributed by atoms with Crippen LogP contribution in [0.1, 0.15) is 43.9 Å². The summed E-state index contributed by atoms with van der Waals surface area (Å²) < 4.78 is 0. The molecule has 0 aliphatic heterocycles. The third kappa shape index (κ3) is 2.60. The molecule has 0 radical (unpaired) electrons. The summed E-state index contributed by atoms with van der Waals surface area (Å²) in [5.74, 6) is 0. The normalized spacial score (nSPS) is 11.8. The summed E-state index contributed by atoms with van der Waals surface area (Å²) in [7, 11) is 0. The highest BCUT2D eigenvalue weighted by Crippen LogP contribution is 2.27. The Hall–Kier alpha value is -0.780. The van der Waals surface area contributed by atoms with Crippen molar-refractivity contribution < 1.29 is 0 Å². The molecule has 0 saturated heterocycles. The molecule has 1 rings (SSSR count). The lowest BCUT2D eigenvalue weighted by atomic mass is 9.82. The summed E-state index contributed by atoms with van der Waals surface area (Å²) in [6, 6.07) is 6.63. The van der Waals surface area contributed by atoms with Crippen LogP contribution in [-0.2, 0) is 6.42 Å². The smallest absolute Gasteiger partial charge is 0.0225 e. The molecule has 1 aromatic rings. The molecule has 0 amide bonds. The van der Waals surface area contributed by atoms with Crippen molar-refractivity contribution in [2.45, 2.75) is 47.5 Å². The summed E-state index contributed by atoms with van der Waals surface area (Å²) in [5.41, 5.74) is 4.82. The summed E-state index contributed by atoms with van der Waals surface area (Å²) in [6.45, 7) is 11.4. The average Bonchev–Trinajstić information content (AvgIpc) is 2.13. The number of rotatable bonds is 3. The van der Waals surface area contributed by atoms with Gasteiger partial charge < -0.3 is 0 Å². The van der Waals surface area contributed by atoms with Crippen LogP contribution < -0.4 is 0 Å². The Balaban J connectivity index is 2.92. The van der Waals surface area contributed by atoms with E-state index >= 15 is 0 Å². The van der Waals surface area contributed by atoms with Crippen LogP contribution in [0.3, 0.4) is 0 Å². The van der Waals surface area contributed by atoms with Gasteiger partial charge in [-0.15, -0.1) is 0 Å². The predicted octanol–water partition coefficient (Wildman–Crippen LogP) is 4.28. The maximum absolute atomic E-state index is 2.34. The van der Waals surface area contributed by atoms with Crippen molar-refractivity contribution in [1.82, 2.24) is 0 Å². The van der Waals surface area contributed by atoms with Crippen LogP contribution in [0.15, 0.2) is 18.2 Å². The summed E-state index contributed by atoms with van der Waals surface area (Å²) in [6.07, 6.45) is 2.43. The molecule has 78 valence electrons. The SMILES string of the molecule is CCC(C)(C)Cc1cccc(C)c1C. The van der Waals surface area contributed by atoms with Gasteiger partial charge in [0.1, 0.15) is 0 Å². The van der Waals surface area contributed by atoms with Crippen molar-refractivity contribution in [3.05, 3.63) is 34.9 Å². The zero-order valence-electron chi connectivity index (χ0n) is 10.1. The first-order chi connectivity index (χ1) is 6.46. The number of hydrogen-bond acceptors (Lipinski definition) is 0. The van der Waals surface area contributed by atoms with Crippen molar-refractivity contribution in [3.8, 4) is 0 Å². The van der Waals surface area contributed by atoms with Crippen LogP contribution in [0.4, 0.5) is 0 Å². The topological polar surface area (TPSA) is 0 Å². The van der Waals surface area contributed by atoms with Gasteiger partial charge >= 0.3 is 0 Å². The van der Waals surface area contributed by atoms with Crippen LogP contribution in [0.5, 0.6) is 0 Å². The van der Waals surface area contributed by atoms with Gasteiger partial charge in [-0.25, -0.2) is 0 Å². The van der Waals surface area contributed by atoms with Crippen LogP contribution in [-0.4, -0.2) is 0 Å². The van der Waals surface area contributed by atoms with Crippen molar-refractivity contribution in [3.63, 3.8) is 0 Å². The van der Waals surface area contributed by atoms with Gasteiger partial charge in [-0.1, -0.05) is 45.4 Å². The maximum Gasteiger partial charge on any atom is -0.0225 e. The van der Waals surface area contributed by atoms with Gasteiger partial charge in [0.25, 0.3) is 0 Å². The van der Waals surface area contributed by atoms with Crippen molar-refractivity contribution in [1.29, 1.82) is 0 Å². The largest absolute Gasteiger partial charge is 0.0649 e. The Labute approximate surface area is 88.4 Å². The summed E-state index contributed by atoms with van der Waals surface area (Å²) in [4.78, 5) is 0. The first-order valence-corrected chi connectivity index (χ1v) is 5.51. The molecule has 0 nitrogen and oxygen atoms in total. The monoisotopic (exact) mass is 190 g/mol. The first-order valence-electron chi connectivity index (χ1n) is 5.51. The summed E-state index contributed by atoms with van der Waals surface area (Å²) in [5, 5.41) is 0. The van der Waals surface area contributed by atoms with E-state index in [2.05, 4.69) is 52.8 Å². The standard InChI is InChI=1S/C14H22/c1-6-14(4,5)10-13-9-7-8-11(2)12(13)3/h7-9H,6,10H2,1-5H3. The first kappa shape index (κ1) is 11.3. The second kappa shape index (κ2) is 4.16. The molecule has 0 bridgehead atoms. The molecule has 0 heteroatoms. The highest BCUT2D eigenvalue weighted by atomic mass is 14.2. The predicted molar refractivity (Wildman–Crippen MR) is 63.7 cm³/mol. The lowest BCUT2D eigenvalue weighted by molar-refractivity contribution is 0.348. The molecule has 0 saturated carbocycles. The van der Waals surface area contributed by atoms with Gasteiger partial charge in [0.15, 0.2) is 0 Å². The van der Waals surface area contributed by atoms with E-state index in [1.807, 2.05) is 0 Å². The molecule has 0 atom stereocenters. The molecular weight excluding hydrogens is 168 g/mol. The highest BCUT2D eigenvalue weighted by molar-refractivity contribution is 5.33. The Morgan fingerprint density at radius 3 is 2.36 bits per heavy atom. The van der Waals surface area contributed by atoms with Crippen LogP contribution >= 0.6 is 0 Å². The second-order valence-corrected chi connectivity index (χ2v) is 5.05. The van der Waals surface area contributed by atoms with Crippen LogP contribution in [0.2, 0.25) is 0 Å². The Morgan fingerprint density at radius 2 is 1.79 bits per heavy atom. The quantitative estimate of drug-likeness (QED) is 0.667. The molecule has 0 aliphatic rings. The molecule has 14 heavy (non-hydrogen) atoms. The Morgan fingerprint density at radius 1 is 1.14 bits per heavy atom. The fraction of sp³-hybridized carbons (Fsp3) is 0.571. The Bertz CT molecular complexity index is 308. The van der Waals surface area contributed by atoms with Crippen LogP contribution in [0, 0.1) is 19.3 Å². The highest BCUT2D eigenvalue weighted by Gasteiger charge is 2.16. The van der Waals surface area contributed by atoms with Gasteiger partial charge in [-0.3, -0.25) is 0 Å². The third-order valence-corrected chi connectivity index (χ3v) is 3.34. The zero-order chi connectivity index (χ0) is 10.8. The van der Waals surface area contributed by atoms with Gasteiger partial charge in [0.05, 0.1) is 0 Å². The van der Waals surface area contributed by atoms with E-state index in [1.165, 1.54) is 29.5 Å². The average molecular weight is 190 g/mol. The zero-order valence-corrected chi connectivity index (χ0v) is 10.1. The minimum Gasteiger partial charge on any atom is -0.0649 e. The molecule has 0 heterocycles. The summed E-state index contributed by atoms with van der Waals surface area (Å²) >= 11 is 0. The fourth-order valence-electron chi connectivity index (χ4n) is 1.64. The molecule has 0 fully saturated rings. The van der Waals surface area contributed by atoms with E-state index in [1.54, 1.807) is 0 Å². The van der Waals surface area contributed by atoms with Gasteiger partial charge in [0.2, 0.25) is 0 Å². The minimum atomic E-state index is 0.429. The maximum atomic E-state index is 2.34.